The highest BCUT2D eigenvalue weighted by Crippen LogP contribution is 2.73. The Balaban J connectivity index is 1.41. The molecule has 106 valence electrons. The molecule has 5 unspecified atom stereocenters. The lowest BCUT2D eigenvalue weighted by Crippen LogP contribution is -2.10. The molecule has 0 aromatic heterocycles. The van der Waals surface area contributed by atoms with E-state index in [9.17, 15) is 0 Å². The molecule has 3 fully saturated rings. The van der Waals surface area contributed by atoms with E-state index in [0.717, 1.165) is 41.9 Å². The number of ether oxygens (including phenoxy) is 1. The zero-order valence-electron chi connectivity index (χ0n) is 11.7. The molecule has 1 aliphatic heterocycles. The zero-order valence-corrected chi connectivity index (χ0v) is 13.3. The van der Waals surface area contributed by atoms with Crippen LogP contribution in [0.4, 0.5) is 0 Å². The van der Waals surface area contributed by atoms with Gasteiger partial charge in [0, 0.05) is 4.83 Å². The van der Waals surface area contributed by atoms with Crippen molar-refractivity contribution in [2.75, 3.05) is 6.61 Å². The molecule has 20 heavy (non-hydrogen) atoms. The van der Waals surface area contributed by atoms with Crippen molar-refractivity contribution < 1.29 is 4.74 Å². The number of alkyl halides is 1. The van der Waals surface area contributed by atoms with Gasteiger partial charge in [-0.1, -0.05) is 28.1 Å². The second-order valence-corrected chi connectivity index (χ2v) is 8.27. The average molecular weight is 333 g/mol. The van der Waals surface area contributed by atoms with Gasteiger partial charge >= 0.3 is 0 Å². The van der Waals surface area contributed by atoms with Crippen LogP contribution in [-0.2, 0) is 6.42 Å². The summed E-state index contributed by atoms with van der Waals surface area (Å²) in [4.78, 5) is 0.577. The van der Waals surface area contributed by atoms with Crippen molar-refractivity contribution in [3.05, 3.63) is 29.3 Å². The van der Waals surface area contributed by atoms with Crippen LogP contribution >= 0.6 is 15.9 Å². The highest BCUT2D eigenvalue weighted by Gasteiger charge is 2.66. The molecule has 0 amide bonds. The predicted octanol–water partition coefficient (Wildman–Crippen LogP) is 4.74. The molecule has 2 heteroatoms. The van der Waals surface area contributed by atoms with Crippen molar-refractivity contribution in [2.24, 2.45) is 29.6 Å². The van der Waals surface area contributed by atoms with Gasteiger partial charge in [0.25, 0.3) is 0 Å². The van der Waals surface area contributed by atoms with Crippen molar-refractivity contribution in [3.8, 4) is 5.75 Å². The molecule has 2 bridgehead atoms. The minimum absolute atomic E-state index is 0.577. The normalized spacial score (nSPS) is 41.8. The SMILES string of the molecule is BrC(c1ccc2c(c1)CCCO2)C1C2C3CCC(C3)C21. The smallest absolute Gasteiger partial charge is 0.122 e. The first kappa shape index (κ1) is 12.1. The molecule has 1 heterocycles. The summed E-state index contributed by atoms with van der Waals surface area (Å²) in [5.41, 5.74) is 2.92. The Morgan fingerprint density at radius 3 is 2.75 bits per heavy atom. The van der Waals surface area contributed by atoms with E-state index in [1.165, 1.54) is 36.8 Å². The minimum Gasteiger partial charge on any atom is -0.493 e. The Bertz CT molecular complexity index is 538. The number of rotatable bonds is 2. The van der Waals surface area contributed by atoms with E-state index in [-0.39, 0.29) is 0 Å². The van der Waals surface area contributed by atoms with Crippen LogP contribution < -0.4 is 4.74 Å². The van der Waals surface area contributed by atoms with Gasteiger partial charge in [-0.05, 0) is 78.9 Å². The second-order valence-electron chi connectivity index (χ2n) is 7.29. The minimum atomic E-state index is 0.577. The maximum Gasteiger partial charge on any atom is 0.122 e. The summed E-state index contributed by atoms with van der Waals surface area (Å²) in [7, 11) is 0. The molecule has 5 atom stereocenters. The molecule has 0 saturated heterocycles. The van der Waals surface area contributed by atoms with Crippen LogP contribution in [0.1, 0.15) is 41.6 Å². The highest BCUT2D eigenvalue weighted by molar-refractivity contribution is 9.09. The molecular weight excluding hydrogens is 312 g/mol. The summed E-state index contributed by atoms with van der Waals surface area (Å²) >= 11 is 4.04. The Labute approximate surface area is 129 Å². The quantitative estimate of drug-likeness (QED) is 0.711. The van der Waals surface area contributed by atoms with E-state index in [4.69, 9.17) is 4.74 Å². The van der Waals surface area contributed by atoms with Gasteiger partial charge in [0.1, 0.15) is 5.75 Å². The van der Waals surface area contributed by atoms with Gasteiger partial charge in [0.2, 0.25) is 0 Å². The van der Waals surface area contributed by atoms with Crippen LogP contribution in [0.2, 0.25) is 0 Å². The van der Waals surface area contributed by atoms with E-state index in [1.807, 2.05) is 0 Å². The van der Waals surface area contributed by atoms with Crippen LogP contribution in [0.25, 0.3) is 0 Å². The molecule has 3 saturated carbocycles. The Morgan fingerprint density at radius 1 is 1.15 bits per heavy atom. The third-order valence-corrected chi connectivity index (χ3v) is 7.52. The monoisotopic (exact) mass is 332 g/mol. The molecular formula is C18H21BrO. The topological polar surface area (TPSA) is 9.23 Å². The predicted molar refractivity (Wildman–Crippen MR) is 83.2 cm³/mol. The van der Waals surface area contributed by atoms with Crippen LogP contribution in [-0.4, -0.2) is 6.61 Å². The molecule has 0 N–H and O–H groups in total. The van der Waals surface area contributed by atoms with Crippen LogP contribution in [0.3, 0.4) is 0 Å². The van der Waals surface area contributed by atoms with E-state index in [2.05, 4.69) is 34.1 Å². The summed E-state index contributed by atoms with van der Waals surface area (Å²) in [5, 5.41) is 0. The first-order valence-electron chi connectivity index (χ1n) is 8.22. The maximum absolute atomic E-state index is 5.74. The van der Waals surface area contributed by atoms with Gasteiger partial charge in [-0.25, -0.2) is 0 Å². The molecule has 0 radical (unpaired) electrons. The van der Waals surface area contributed by atoms with Gasteiger partial charge in [-0.2, -0.15) is 0 Å². The van der Waals surface area contributed by atoms with Gasteiger partial charge in [0.05, 0.1) is 6.61 Å². The summed E-state index contributed by atoms with van der Waals surface area (Å²) in [6.07, 6.45) is 6.93. The third kappa shape index (κ3) is 1.60. The van der Waals surface area contributed by atoms with Crippen LogP contribution in [0, 0.1) is 29.6 Å². The molecule has 5 rings (SSSR count). The largest absolute Gasteiger partial charge is 0.493 e. The van der Waals surface area contributed by atoms with E-state index in [1.54, 1.807) is 6.42 Å². The van der Waals surface area contributed by atoms with Crippen molar-refractivity contribution >= 4 is 15.9 Å². The molecule has 1 aromatic carbocycles. The standard InChI is InChI=1S/C18H21BrO/c19-18(17-15-11-3-4-12(9-11)16(15)17)13-5-6-14-10(8-13)2-1-7-20-14/h5-6,8,11-12,15-18H,1-4,7,9H2. The number of hydrogen-bond acceptors (Lipinski definition) is 1. The first-order valence-corrected chi connectivity index (χ1v) is 9.14. The number of halogens is 1. The number of fused-ring (bicyclic) bond motifs is 6. The summed E-state index contributed by atoms with van der Waals surface area (Å²) in [6.45, 7) is 0.889. The lowest BCUT2D eigenvalue weighted by atomic mass is 9.95. The van der Waals surface area contributed by atoms with Gasteiger partial charge in [-0.3, -0.25) is 0 Å². The van der Waals surface area contributed by atoms with Crippen LogP contribution in [0.15, 0.2) is 18.2 Å². The zero-order chi connectivity index (χ0) is 13.3. The summed E-state index contributed by atoms with van der Waals surface area (Å²) in [5.74, 6) is 6.27. The Morgan fingerprint density at radius 2 is 1.95 bits per heavy atom. The van der Waals surface area contributed by atoms with Crippen molar-refractivity contribution in [1.29, 1.82) is 0 Å². The van der Waals surface area contributed by atoms with E-state index >= 15 is 0 Å². The van der Waals surface area contributed by atoms with E-state index in [0.29, 0.717) is 4.83 Å². The molecule has 1 nitrogen and oxygen atoms in total. The van der Waals surface area contributed by atoms with Crippen molar-refractivity contribution in [2.45, 2.75) is 36.9 Å². The summed E-state index contributed by atoms with van der Waals surface area (Å²) in [6, 6.07) is 6.90. The average Bonchev–Trinajstić information content (AvgIpc) is 2.93. The maximum atomic E-state index is 5.74. The van der Waals surface area contributed by atoms with Crippen molar-refractivity contribution in [3.63, 3.8) is 0 Å². The Kier molecular flexibility index (Phi) is 2.57. The van der Waals surface area contributed by atoms with Gasteiger partial charge in [0.15, 0.2) is 0 Å². The van der Waals surface area contributed by atoms with Crippen LogP contribution in [0.5, 0.6) is 5.75 Å². The molecule has 1 aromatic rings. The molecule has 0 spiro atoms. The number of aryl methyl sites for hydroxylation is 1. The fourth-order valence-electron chi connectivity index (χ4n) is 5.56. The van der Waals surface area contributed by atoms with Gasteiger partial charge in [-0.15, -0.1) is 0 Å². The summed E-state index contributed by atoms with van der Waals surface area (Å²) < 4.78 is 5.74. The molecule has 3 aliphatic carbocycles. The van der Waals surface area contributed by atoms with Crippen molar-refractivity contribution in [1.82, 2.24) is 0 Å². The second kappa shape index (κ2) is 4.25. The van der Waals surface area contributed by atoms with Gasteiger partial charge < -0.3 is 4.74 Å². The fraction of sp³-hybridized carbons (Fsp3) is 0.667. The lowest BCUT2D eigenvalue weighted by Gasteiger charge is -2.20. The number of hydrogen-bond donors (Lipinski definition) is 0. The third-order valence-electron chi connectivity index (χ3n) is 6.38. The molecule has 4 aliphatic rings. The fourth-order valence-corrected chi connectivity index (χ4v) is 6.55. The lowest BCUT2D eigenvalue weighted by molar-refractivity contribution is 0.288. The Hall–Kier alpha value is -0.500. The first-order chi connectivity index (χ1) is 9.83. The number of benzene rings is 1. The highest BCUT2D eigenvalue weighted by atomic mass is 79.9. The van der Waals surface area contributed by atoms with E-state index < -0.39 is 0 Å².